The fourth-order valence-corrected chi connectivity index (χ4v) is 8.52. The van der Waals surface area contributed by atoms with Gasteiger partial charge in [-0.2, -0.15) is 0 Å². The van der Waals surface area contributed by atoms with Gasteiger partial charge in [0.1, 0.15) is 11.7 Å². The van der Waals surface area contributed by atoms with Crippen LogP contribution in [0.15, 0.2) is 11.6 Å². The summed E-state index contributed by atoms with van der Waals surface area (Å²) in [6.45, 7) is 9.87. The number of carboxylic acids is 1. The maximum absolute atomic E-state index is 13.3. The van der Waals surface area contributed by atoms with E-state index in [0.717, 1.165) is 44.0 Å². The maximum Gasteiger partial charge on any atom is 0.315 e. The molecule has 4 aliphatic carbocycles. The first-order valence-corrected chi connectivity index (χ1v) is 12.3. The van der Waals surface area contributed by atoms with Crippen LogP contribution >= 0.6 is 0 Å². The number of aldehydes is 1. The largest absolute Gasteiger partial charge is 0.481 e. The van der Waals surface area contributed by atoms with Gasteiger partial charge in [-0.3, -0.25) is 4.79 Å². The molecule has 0 aliphatic heterocycles. The highest BCUT2D eigenvalue weighted by Gasteiger charge is 2.84. The molecule has 0 radical (unpaired) electrons. The van der Waals surface area contributed by atoms with E-state index in [-0.39, 0.29) is 17.8 Å². The Morgan fingerprint density at radius 1 is 1.27 bits per heavy atom. The Bertz CT molecular complexity index is 727. The third-order valence-corrected chi connectivity index (χ3v) is 9.62. The van der Waals surface area contributed by atoms with Gasteiger partial charge < -0.3 is 14.6 Å². The van der Waals surface area contributed by atoms with Crippen LogP contribution in [0.5, 0.6) is 0 Å². The molecule has 0 aromatic heterocycles. The highest BCUT2D eigenvalue weighted by atomic mass is 16.5. The molecule has 1 N–H and O–H groups in total. The molecule has 0 heterocycles. The van der Waals surface area contributed by atoms with Crippen molar-refractivity contribution in [1.29, 1.82) is 0 Å². The quantitative estimate of drug-likeness (QED) is 0.290. The zero-order valence-corrected chi connectivity index (χ0v) is 19.3. The van der Waals surface area contributed by atoms with Crippen molar-refractivity contribution in [1.82, 2.24) is 0 Å². The molecular formula is C26H40O4. The lowest BCUT2D eigenvalue weighted by Crippen LogP contribution is -2.63. The van der Waals surface area contributed by atoms with E-state index >= 15 is 0 Å². The molecule has 0 amide bonds. The monoisotopic (exact) mass is 416 g/mol. The molecule has 3 fully saturated rings. The summed E-state index contributed by atoms with van der Waals surface area (Å²) in [6.07, 6.45) is 11.6. The number of hydrogen-bond acceptors (Lipinski definition) is 3. The van der Waals surface area contributed by atoms with E-state index in [1.54, 1.807) is 0 Å². The van der Waals surface area contributed by atoms with Crippen LogP contribution in [0.25, 0.3) is 0 Å². The van der Waals surface area contributed by atoms with E-state index in [1.807, 2.05) is 0 Å². The predicted octanol–water partition coefficient (Wildman–Crippen LogP) is 5.51. The number of fused-ring (bicyclic) bond motifs is 2. The molecule has 0 saturated heterocycles. The molecular weight excluding hydrogens is 376 g/mol. The van der Waals surface area contributed by atoms with Crippen LogP contribution in [0.1, 0.15) is 79.1 Å². The molecule has 4 rings (SSSR count). The molecule has 4 bridgehead atoms. The van der Waals surface area contributed by atoms with Crippen molar-refractivity contribution in [2.75, 3.05) is 13.2 Å². The van der Waals surface area contributed by atoms with E-state index in [4.69, 9.17) is 4.74 Å². The number of hydrogen-bond donors (Lipinski definition) is 1. The van der Waals surface area contributed by atoms with Crippen LogP contribution in [-0.4, -0.2) is 30.6 Å². The van der Waals surface area contributed by atoms with E-state index in [2.05, 4.69) is 33.8 Å². The second-order valence-electron chi connectivity index (χ2n) is 11.1. The molecule has 30 heavy (non-hydrogen) atoms. The smallest absolute Gasteiger partial charge is 0.315 e. The van der Waals surface area contributed by atoms with Gasteiger partial charge in [0.2, 0.25) is 0 Å². The Balaban J connectivity index is 1.75. The number of carbonyl (C=O) groups excluding carboxylic acids is 1. The fourth-order valence-electron chi connectivity index (χ4n) is 8.52. The average molecular weight is 417 g/mol. The number of carbonyl (C=O) groups is 2. The third kappa shape index (κ3) is 2.55. The summed E-state index contributed by atoms with van der Waals surface area (Å²) in [5, 5.41) is 10.9. The summed E-state index contributed by atoms with van der Waals surface area (Å²) in [4.78, 5) is 26.2. The van der Waals surface area contributed by atoms with Gasteiger partial charge in [-0.05, 0) is 55.3 Å². The van der Waals surface area contributed by atoms with Crippen LogP contribution in [0, 0.1) is 45.8 Å². The minimum absolute atomic E-state index is 0.130. The maximum atomic E-state index is 13.3. The first-order valence-electron chi connectivity index (χ1n) is 12.3. The van der Waals surface area contributed by atoms with Gasteiger partial charge in [0.05, 0.1) is 12.0 Å². The molecule has 7 atom stereocenters. The Morgan fingerprint density at radius 2 is 2.03 bits per heavy atom. The minimum atomic E-state index is -1.09. The highest BCUT2D eigenvalue weighted by Crippen LogP contribution is 2.82. The van der Waals surface area contributed by atoms with Gasteiger partial charge in [0, 0.05) is 12.0 Å². The second kappa shape index (κ2) is 7.76. The van der Waals surface area contributed by atoms with Crippen molar-refractivity contribution < 1.29 is 19.4 Å². The Hall–Kier alpha value is -1.16. The van der Waals surface area contributed by atoms with Gasteiger partial charge in [0.25, 0.3) is 0 Å². The minimum Gasteiger partial charge on any atom is -0.481 e. The SMILES string of the molecule is CCCCCCOC[C@]12CC3C(C)CCC3[C@@]3(C=O)CC1C=C(C(C)C)[C@@]23C(=O)O. The number of carboxylic acid groups (broad SMARTS) is 1. The van der Waals surface area contributed by atoms with Gasteiger partial charge >= 0.3 is 5.97 Å². The number of allylic oxidation sites excluding steroid dienone is 1. The molecule has 0 aromatic rings. The fraction of sp³-hybridized carbons (Fsp3) is 0.846. The number of rotatable bonds is 10. The Kier molecular flexibility index (Phi) is 5.70. The van der Waals surface area contributed by atoms with Gasteiger partial charge in [-0.25, -0.2) is 0 Å². The molecule has 4 aliphatic rings. The van der Waals surface area contributed by atoms with Gasteiger partial charge in [-0.1, -0.05) is 65.0 Å². The van der Waals surface area contributed by atoms with E-state index in [0.29, 0.717) is 31.5 Å². The molecule has 4 heteroatoms. The molecule has 3 saturated carbocycles. The predicted molar refractivity (Wildman–Crippen MR) is 117 cm³/mol. The summed E-state index contributed by atoms with van der Waals surface area (Å²) >= 11 is 0. The summed E-state index contributed by atoms with van der Waals surface area (Å²) in [5.74, 6) is 0.698. The van der Waals surface area contributed by atoms with Crippen molar-refractivity contribution in [2.24, 2.45) is 45.8 Å². The number of ether oxygens (including phenoxy) is 1. The summed E-state index contributed by atoms with van der Waals surface area (Å²) in [6, 6.07) is 0. The van der Waals surface area contributed by atoms with Crippen molar-refractivity contribution in [3.05, 3.63) is 11.6 Å². The molecule has 4 unspecified atom stereocenters. The van der Waals surface area contributed by atoms with Crippen LogP contribution in [-0.2, 0) is 14.3 Å². The lowest BCUT2D eigenvalue weighted by molar-refractivity contribution is -0.186. The van der Waals surface area contributed by atoms with Crippen LogP contribution in [0.3, 0.4) is 0 Å². The van der Waals surface area contributed by atoms with E-state index in [9.17, 15) is 14.7 Å². The van der Waals surface area contributed by atoms with Crippen molar-refractivity contribution in [2.45, 2.75) is 79.1 Å². The number of aliphatic carboxylic acids is 1. The molecule has 0 aromatic carbocycles. The first-order chi connectivity index (χ1) is 14.3. The molecule has 0 spiro atoms. The lowest BCUT2D eigenvalue weighted by atomic mass is 9.43. The zero-order chi connectivity index (χ0) is 21.7. The van der Waals surface area contributed by atoms with Gasteiger partial charge in [-0.15, -0.1) is 0 Å². The van der Waals surface area contributed by atoms with Crippen molar-refractivity contribution in [3.8, 4) is 0 Å². The third-order valence-electron chi connectivity index (χ3n) is 9.62. The van der Waals surface area contributed by atoms with Crippen molar-refractivity contribution >= 4 is 12.3 Å². The van der Waals surface area contributed by atoms with Crippen LogP contribution in [0.2, 0.25) is 0 Å². The van der Waals surface area contributed by atoms with Crippen molar-refractivity contribution in [3.63, 3.8) is 0 Å². The lowest BCUT2D eigenvalue weighted by Gasteiger charge is -2.58. The summed E-state index contributed by atoms with van der Waals surface area (Å²) < 4.78 is 6.29. The Labute approximate surface area is 181 Å². The number of unbranched alkanes of at least 4 members (excludes halogenated alkanes) is 3. The van der Waals surface area contributed by atoms with Crippen LogP contribution < -0.4 is 0 Å². The average Bonchev–Trinajstić information content (AvgIpc) is 3.27. The second-order valence-corrected chi connectivity index (χ2v) is 11.1. The van der Waals surface area contributed by atoms with Crippen LogP contribution in [0.4, 0.5) is 0 Å². The summed E-state index contributed by atoms with van der Waals surface area (Å²) in [5.41, 5.74) is -1.32. The molecule has 168 valence electrons. The van der Waals surface area contributed by atoms with E-state index in [1.165, 1.54) is 12.8 Å². The zero-order valence-electron chi connectivity index (χ0n) is 19.3. The highest BCUT2D eigenvalue weighted by molar-refractivity contribution is 5.90. The Morgan fingerprint density at radius 3 is 2.67 bits per heavy atom. The van der Waals surface area contributed by atoms with E-state index < -0.39 is 22.2 Å². The first kappa shape index (κ1) is 22.0. The normalized spacial score (nSPS) is 43.7. The standard InChI is InChI=1S/C26H40O4/c1-5-6-7-8-11-30-16-25-14-20-18(4)9-10-21(20)24(15-27)13-19(25)12-22(17(2)3)26(24,25)23(28)29/h12,15,17-21H,5-11,13-14,16H2,1-4H3,(H,28,29)/t18?,19?,20?,21?,24-,25+,26-/m0/s1. The summed E-state index contributed by atoms with van der Waals surface area (Å²) in [7, 11) is 0. The topological polar surface area (TPSA) is 63.6 Å². The molecule has 4 nitrogen and oxygen atoms in total. The van der Waals surface area contributed by atoms with Gasteiger partial charge in [0.15, 0.2) is 0 Å².